The van der Waals surface area contributed by atoms with Crippen LogP contribution in [0.3, 0.4) is 0 Å². The van der Waals surface area contributed by atoms with Crippen LogP contribution in [0.2, 0.25) is 0 Å². The second-order valence-electron chi connectivity index (χ2n) is 7.82. The van der Waals surface area contributed by atoms with Crippen molar-refractivity contribution in [2.24, 2.45) is 7.05 Å². The topological polar surface area (TPSA) is 89.7 Å². The normalized spacial score (nSPS) is 11.0. The van der Waals surface area contributed by atoms with E-state index in [-0.39, 0.29) is 5.91 Å². The lowest BCUT2D eigenvalue weighted by Gasteiger charge is -2.10. The van der Waals surface area contributed by atoms with E-state index < -0.39 is 0 Å². The molecular formula is C25H23N7O. The molecule has 0 atom stereocenters. The number of imidazole rings is 1. The fraction of sp³-hybridized carbons (Fsp3) is 0.120. The van der Waals surface area contributed by atoms with Gasteiger partial charge in [-0.3, -0.25) is 9.36 Å². The van der Waals surface area contributed by atoms with Crippen molar-refractivity contribution in [2.45, 2.75) is 13.3 Å². The number of anilines is 3. The van der Waals surface area contributed by atoms with Crippen molar-refractivity contribution in [1.29, 1.82) is 0 Å². The number of hydrogen-bond acceptors (Lipinski definition) is 5. The van der Waals surface area contributed by atoms with E-state index in [2.05, 4.69) is 31.7 Å². The molecule has 164 valence electrons. The summed E-state index contributed by atoms with van der Waals surface area (Å²) < 4.78 is 3.94. The van der Waals surface area contributed by atoms with E-state index >= 15 is 0 Å². The highest BCUT2D eigenvalue weighted by atomic mass is 16.1. The van der Waals surface area contributed by atoms with Crippen molar-refractivity contribution in [3.8, 4) is 5.82 Å². The number of rotatable bonds is 6. The maximum absolute atomic E-state index is 12.6. The number of carbonyl (C=O) groups is 1. The molecule has 3 aromatic heterocycles. The minimum Gasteiger partial charge on any atom is -0.350 e. The number of fused-ring (bicyclic) bond motifs is 1. The molecule has 3 heterocycles. The fourth-order valence-electron chi connectivity index (χ4n) is 3.90. The summed E-state index contributed by atoms with van der Waals surface area (Å²) in [7, 11) is 1.99. The zero-order valence-electron chi connectivity index (χ0n) is 18.4. The van der Waals surface area contributed by atoms with Crippen molar-refractivity contribution in [1.82, 2.24) is 24.1 Å². The largest absolute Gasteiger partial charge is 0.350 e. The Hall–Kier alpha value is -4.46. The van der Waals surface area contributed by atoms with Crippen molar-refractivity contribution < 1.29 is 4.79 Å². The van der Waals surface area contributed by atoms with Crippen LogP contribution in [0.5, 0.6) is 0 Å². The van der Waals surface area contributed by atoms with Gasteiger partial charge in [0.25, 0.3) is 0 Å². The zero-order valence-corrected chi connectivity index (χ0v) is 18.4. The Morgan fingerprint density at radius 1 is 1.00 bits per heavy atom. The third-order valence-electron chi connectivity index (χ3n) is 5.50. The quantitative estimate of drug-likeness (QED) is 0.411. The zero-order chi connectivity index (χ0) is 22.8. The molecule has 33 heavy (non-hydrogen) atoms. The van der Waals surface area contributed by atoms with Gasteiger partial charge in [0.15, 0.2) is 0 Å². The molecule has 0 bridgehead atoms. The molecule has 0 aliphatic carbocycles. The summed E-state index contributed by atoms with van der Waals surface area (Å²) in [6.45, 7) is 1.92. The predicted octanol–water partition coefficient (Wildman–Crippen LogP) is 4.39. The van der Waals surface area contributed by atoms with Crippen LogP contribution in [0.15, 0.2) is 79.5 Å². The molecule has 2 aromatic carbocycles. The van der Waals surface area contributed by atoms with Gasteiger partial charge in [0.05, 0.1) is 6.42 Å². The van der Waals surface area contributed by atoms with Crippen molar-refractivity contribution in [2.75, 3.05) is 10.6 Å². The van der Waals surface area contributed by atoms with Crippen LogP contribution in [-0.2, 0) is 18.3 Å². The molecule has 0 unspecified atom stereocenters. The van der Waals surface area contributed by atoms with Gasteiger partial charge in [-0.05, 0) is 42.8 Å². The van der Waals surface area contributed by atoms with Crippen LogP contribution >= 0.6 is 0 Å². The summed E-state index contributed by atoms with van der Waals surface area (Å²) in [5.74, 6) is 2.20. The monoisotopic (exact) mass is 437 g/mol. The average Bonchev–Trinajstić information content (AvgIpc) is 3.38. The number of amides is 1. The minimum atomic E-state index is -0.0526. The summed E-state index contributed by atoms with van der Waals surface area (Å²) in [6.07, 6.45) is 7.44. The molecule has 0 saturated heterocycles. The van der Waals surface area contributed by atoms with Crippen LogP contribution in [0.1, 0.15) is 11.4 Å². The van der Waals surface area contributed by atoms with E-state index in [9.17, 15) is 4.79 Å². The van der Waals surface area contributed by atoms with Gasteiger partial charge in [-0.1, -0.05) is 18.2 Å². The Balaban J connectivity index is 1.24. The van der Waals surface area contributed by atoms with Gasteiger partial charge in [0.2, 0.25) is 5.91 Å². The van der Waals surface area contributed by atoms with Crippen LogP contribution in [0.25, 0.3) is 16.7 Å². The first-order chi connectivity index (χ1) is 16.1. The molecule has 8 heteroatoms. The molecule has 0 saturated carbocycles. The van der Waals surface area contributed by atoms with Gasteiger partial charge < -0.3 is 15.2 Å². The van der Waals surface area contributed by atoms with Gasteiger partial charge >= 0.3 is 0 Å². The number of carbonyl (C=O) groups excluding carboxylic acids is 1. The molecule has 8 nitrogen and oxygen atoms in total. The summed E-state index contributed by atoms with van der Waals surface area (Å²) in [4.78, 5) is 25.5. The summed E-state index contributed by atoms with van der Waals surface area (Å²) in [5.41, 5.74) is 3.72. The first-order valence-corrected chi connectivity index (χ1v) is 10.6. The van der Waals surface area contributed by atoms with E-state index in [1.54, 1.807) is 6.20 Å². The van der Waals surface area contributed by atoms with Gasteiger partial charge in [0.1, 0.15) is 23.8 Å². The second kappa shape index (κ2) is 8.58. The summed E-state index contributed by atoms with van der Waals surface area (Å²) in [6, 6.07) is 17.5. The van der Waals surface area contributed by atoms with Crippen molar-refractivity contribution in [3.63, 3.8) is 0 Å². The van der Waals surface area contributed by atoms with Gasteiger partial charge in [0, 0.05) is 54.0 Å². The Morgan fingerprint density at radius 2 is 1.79 bits per heavy atom. The molecule has 2 N–H and O–H groups in total. The molecule has 0 aliphatic rings. The Morgan fingerprint density at radius 3 is 2.58 bits per heavy atom. The van der Waals surface area contributed by atoms with Crippen molar-refractivity contribution in [3.05, 3.63) is 90.9 Å². The first kappa shape index (κ1) is 20.4. The van der Waals surface area contributed by atoms with Gasteiger partial charge in [-0.15, -0.1) is 0 Å². The lowest BCUT2D eigenvalue weighted by Crippen LogP contribution is -2.14. The molecule has 0 spiro atoms. The van der Waals surface area contributed by atoms with E-state index in [1.165, 1.54) is 6.33 Å². The Kier molecular flexibility index (Phi) is 5.32. The molecule has 0 radical (unpaired) electrons. The number of nitrogens with zero attached hydrogens (tertiary/aromatic N) is 5. The highest BCUT2D eigenvalue weighted by Crippen LogP contribution is 2.22. The number of aryl methyl sites for hydroxylation is 2. The van der Waals surface area contributed by atoms with Crippen LogP contribution in [0.4, 0.5) is 17.2 Å². The van der Waals surface area contributed by atoms with E-state index in [4.69, 9.17) is 0 Å². The average molecular weight is 438 g/mol. The van der Waals surface area contributed by atoms with Crippen molar-refractivity contribution >= 4 is 34.0 Å². The van der Waals surface area contributed by atoms with Crippen LogP contribution < -0.4 is 10.6 Å². The number of benzene rings is 2. The van der Waals surface area contributed by atoms with Crippen LogP contribution in [0, 0.1) is 6.92 Å². The molecule has 5 aromatic rings. The number of para-hydroxylation sites is 1. The third-order valence-corrected chi connectivity index (χ3v) is 5.50. The number of hydrogen-bond donors (Lipinski definition) is 2. The van der Waals surface area contributed by atoms with Gasteiger partial charge in [-0.25, -0.2) is 15.0 Å². The van der Waals surface area contributed by atoms with E-state index in [1.807, 2.05) is 84.0 Å². The summed E-state index contributed by atoms with van der Waals surface area (Å²) in [5, 5.41) is 7.35. The highest BCUT2D eigenvalue weighted by Gasteiger charge is 2.11. The molecular weight excluding hydrogens is 414 g/mol. The molecule has 0 aliphatic heterocycles. The van der Waals surface area contributed by atoms with Crippen LogP contribution in [-0.4, -0.2) is 30.0 Å². The van der Waals surface area contributed by atoms with E-state index in [0.717, 1.165) is 39.5 Å². The molecule has 5 rings (SSSR count). The lowest BCUT2D eigenvalue weighted by atomic mass is 10.1. The van der Waals surface area contributed by atoms with Gasteiger partial charge in [-0.2, -0.15) is 0 Å². The SMILES string of the molecule is Cc1nccn1-c1cc(Nc2ccc(NC(=O)Cc3cn(C)c4ccccc34)cc2)ncn1. The first-order valence-electron chi connectivity index (χ1n) is 10.6. The maximum Gasteiger partial charge on any atom is 0.228 e. The Bertz CT molecular complexity index is 1430. The fourth-order valence-corrected chi connectivity index (χ4v) is 3.90. The molecule has 0 fully saturated rings. The Labute approximate surface area is 191 Å². The second-order valence-corrected chi connectivity index (χ2v) is 7.82. The standard InChI is InChI=1S/C25H23N7O/c1-17-26-11-12-32(17)24-14-23(27-16-28-24)29-19-7-9-20(10-8-19)30-25(33)13-18-15-31(2)22-6-4-3-5-21(18)22/h3-12,14-16H,13H2,1-2H3,(H,30,33)(H,27,28,29). The lowest BCUT2D eigenvalue weighted by molar-refractivity contribution is -0.115. The summed E-state index contributed by atoms with van der Waals surface area (Å²) >= 11 is 0. The third kappa shape index (κ3) is 4.31. The minimum absolute atomic E-state index is 0.0526. The highest BCUT2D eigenvalue weighted by molar-refractivity contribution is 5.96. The molecule has 1 amide bonds. The maximum atomic E-state index is 12.6. The smallest absolute Gasteiger partial charge is 0.228 e. The number of aromatic nitrogens is 5. The predicted molar refractivity (Wildman–Crippen MR) is 129 cm³/mol. The van der Waals surface area contributed by atoms with E-state index in [0.29, 0.717) is 12.2 Å². The number of nitrogens with one attached hydrogen (secondary N) is 2.